The van der Waals surface area contributed by atoms with Crippen LogP contribution < -0.4 is 4.74 Å². The molecular weight excluding hydrogens is 390 g/mol. The molecule has 1 fully saturated rings. The summed E-state index contributed by atoms with van der Waals surface area (Å²) < 4.78 is 6.15. The molecule has 3 aliphatic heterocycles. The molecule has 166 valence electrons. The van der Waals surface area contributed by atoms with E-state index in [-0.39, 0.29) is 17.9 Å². The largest absolute Gasteiger partial charge is 0.491 e. The second kappa shape index (κ2) is 10.2. The van der Waals surface area contributed by atoms with E-state index < -0.39 is 0 Å². The lowest BCUT2D eigenvalue weighted by Gasteiger charge is -2.41. The lowest BCUT2D eigenvalue weighted by atomic mass is 9.75. The molecule has 1 N–H and O–H groups in total. The summed E-state index contributed by atoms with van der Waals surface area (Å²) in [6, 6.07) is 11.8. The summed E-state index contributed by atoms with van der Waals surface area (Å²) in [5.74, 6) is 0.892. The van der Waals surface area contributed by atoms with Crippen molar-refractivity contribution in [2.45, 2.75) is 38.6 Å². The van der Waals surface area contributed by atoms with Crippen LogP contribution in [-0.2, 0) is 6.54 Å². The van der Waals surface area contributed by atoms with Crippen LogP contribution in [0.5, 0.6) is 5.75 Å². The van der Waals surface area contributed by atoms with E-state index in [2.05, 4.69) is 22.0 Å². The van der Waals surface area contributed by atoms with E-state index in [9.17, 15) is 9.90 Å². The van der Waals surface area contributed by atoms with Gasteiger partial charge in [0.05, 0.1) is 12.1 Å². The predicted molar refractivity (Wildman–Crippen MR) is 120 cm³/mol. The molecule has 0 unspecified atom stereocenters. The molecule has 1 aromatic carbocycles. The quantitative estimate of drug-likeness (QED) is 0.802. The number of aliphatic hydroxyl groups excluding tert-OH is 1. The molecule has 6 nitrogen and oxygen atoms in total. The molecule has 1 saturated heterocycles. The minimum absolute atomic E-state index is 0.00165. The minimum Gasteiger partial charge on any atom is -0.491 e. The lowest BCUT2D eigenvalue weighted by molar-refractivity contribution is 0.0319. The zero-order valence-corrected chi connectivity index (χ0v) is 18.2. The summed E-state index contributed by atoms with van der Waals surface area (Å²) in [6.07, 6.45) is 8.30. The van der Waals surface area contributed by atoms with Gasteiger partial charge in [-0.2, -0.15) is 0 Å². The van der Waals surface area contributed by atoms with Gasteiger partial charge < -0.3 is 14.7 Å². The molecule has 0 saturated carbocycles. The molecule has 6 heteroatoms. The van der Waals surface area contributed by atoms with E-state index in [1.54, 1.807) is 18.5 Å². The molecule has 1 amide bonds. The van der Waals surface area contributed by atoms with Gasteiger partial charge in [0.1, 0.15) is 12.4 Å². The Kier molecular flexibility index (Phi) is 7.20. The fraction of sp³-hybridized carbons (Fsp3) is 0.520. The highest BCUT2D eigenvalue weighted by Gasteiger charge is 2.34. The number of amides is 1. The van der Waals surface area contributed by atoms with Gasteiger partial charge in [-0.3, -0.25) is 14.7 Å². The molecule has 0 aliphatic carbocycles. The van der Waals surface area contributed by atoms with Crippen LogP contribution in [0.15, 0.2) is 48.8 Å². The van der Waals surface area contributed by atoms with Crippen LogP contribution in [0.4, 0.5) is 0 Å². The highest BCUT2D eigenvalue weighted by molar-refractivity contribution is 5.93. The zero-order valence-electron chi connectivity index (χ0n) is 18.2. The number of carbonyl (C=O) groups excluding carboxylic acids is 1. The van der Waals surface area contributed by atoms with Gasteiger partial charge in [-0.05, 0) is 62.4 Å². The van der Waals surface area contributed by atoms with Crippen molar-refractivity contribution in [2.75, 3.05) is 39.4 Å². The molecule has 0 atom stereocenters. The van der Waals surface area contributed by atoms with Crippen molar-refractivity contribution in [3.8, 4) is 5.75 Å². The number of hydrogen-bond donors (Lipinski definition) is 1. The molecule has 5 rings (SSSR count). The summed E-state index contributed by atoms with van der Waals surface area (Å²) in [4.78, 5) is 21.5. The van der Waals surface area contributed by atoms with Crippen molar-refractivity contribution in [1.29, 1.82) is 0 Å². The van der Waals surface area contributed by atoms with Crippen LogP contribution in [0.25, 0.3) is 0 Å². The molecule has 0 spiro atoms. The topological polar surface area (TPSA) is 65.9 Å². The van der Waals surface area contributed by atoms with Gasteiger partial charge in [0.25, 0.3) is 5.91 Å². The summed E-state index contributed by atoms with van der Waals surface area (Å²) >= 11 is 0. The Morgan fingerprint density at radius 1 is 1.03 bits per heavy atom. The molecule has 0 radical (unpaired) electrons. The monoisotopic (exact) mass is 423 g/mol. The van der Waals surface area contributed by atoms with Crippen LogP contribution in [0.3, 0.4) is 0 Å². The van der Waals surface area contributed by atoms with Crippen LogP contribution >= 0.6 is 0 Å². The Balaban J connectivity index is 1.53. The average molecular weight is 424 g/mol. The Hall–Kier alpha value is -2.44. The number of carbonyl (C=O) groups is 1. The van der Waals surface area contributed by atoms with Crippen LogP contribution in [0.2, 0.25) is 0 Å². The van der Waals surface area contributed by atoms with Crippen LogP contribution in [0.1, 0.15) is 48.0 Å². The van der Waals surface area contributed by atoms with Crippen molar-refractivity contribution in [2.24, 2.45) is 5.41 Å². The highest BCUT2D eigenvalue weighted by atomic mass is 16.5. The third-order valence-corrected chi connectivity index (χ3v) is 6.82. The SMILES string of the molecule is O=C(c1cccnc1)N1CCCCC2(CO)CCN(CC2)Cc2ccccc2OCC1. The number of pyridine rings is 1. The smallest absolute Gasteiger partial charge is 0.255 e. The lowest BCUT2D eigenvalue weighted by Crippen LogP contribution is -2.41. The van der Waals surface area contributed by atoms with E-state index in [1.165, 1.54) is 5.56 Å². The van der Waals surface area contributed by atoms with Gasteiger partial charge in [0.15, 0.2) is 0 Å². The van der Waals surface area contributed by atoms with Crippen molar-refractivity contribution in [3.63, 3.8) is 0 Å². The van der Waals surface area contributed by atoms with E-state index in [4.69, 9.17) is 4.74 Å². The van der Waals surface area contributed by atoms with E-state index in [0.29, 0.717) is 25.3 Å². The van der Waals surface area contributed by atoms with E-state index in [0.717, 1.165) is 57.5 Å². The van der Waals surface area contributed by atoms with Crippen molar-refractivity contribution in [3.05, 3.63) is 59.9 Å². The minimum atomic E-state index is -0.00165. The fourth-order valence-electron chi connectivity index (χ4n) is 4.74. The van der Waals surface area contributed by atoms with Crippen LogP contribution in [-0.4, -0.2) is 65.2 Å². The van der Waals surface area contributed by atoms with Gasteiger partial charge in [0, 0.05) is 37.7 Å². The first kappa shape index (κ1) is 21.8. The molecule has 2 bridgehead atoms. The number of nitrogens with zero attached hydrogens (tertiary/aromatic N) is 3. The first-order valence-electron chi connectivity index (χ1n) is 11.4. The summed E-state index contributed by atoms with van der Waals surface area (Å²) in [5.41, 5.74) is 1.81. The normalized spacial score (nSPS) is 25.1. The van der Waals surface area contributed by atoms with E-state index >= 15 is 0 Å². The number of fused-ring (bicyclic) bond motifs is 9. The maximum atomic E-state index is 13.1. The number of aromatic nitrogens is 1. The Morgan fingerprint density at radius 3 is 2.65 bits per heavy atom. The van der Waals surface area contributed by atoms with Crippen molar-refractivity contribution in [1.82, 2.24) is 14.8 Å². The maximum absolute atomic E-state index is 13.1. The van der Waals surface area contributed by atoms with Crippen molar-refractivity contribution >= 4 is 5.91 Å². The van der Waals surface area contributed by atoms with Gasteiger partial charge in [0.2, 0.25) is 0 Å². The van der Waals surface area contributed by atoms with Gasteiger partial charge in [-0.1, -0.05) is 24.6 Å². The molecule has 4 heterocycles. The number of ether oxygens (including phenoxy) is 1. The predicted octanol–water partition coefficient (Wildman–Crippen LogP) is 3.36. The average Bonchev–Trinajstić information content (AvgIpc) is 2.83. The molecule has 1 aromatic heterocycles. The standard InChI is InChI=1S/C25H33N3O3/c29-20-25-9-3-4-13-28(24(30)21-7-5-12-26-18-21)16-17-31-23-8-2-1-6-22(23)19-27(14-10-25)15-11-25/h1-2,5-8,12,18,29H,3-4,9-11,13-17,19-20H2. The van der Waals surface area contributed by atoms with Gasteiger partial charge >= 0.3 is 0 Å². The number of para-hydroxylation sites is 1. The van der Waals surface area contributed by atoms with Gasteiger partial charge in [-0.15, -0.1) is 0 Å². The summed E-state index contributed by atoms with van der Waals surface area (Å²) in [7, 11) is 0. The van der Waals surface area contributed by atoms with Crippen LogP contribution in [0, 0.1) is 5.41 Å². The first-order valence-corrected chi connectivity index (χ1v) is 11.4. The highest BCUT2D eigenvalue weighted by Crippen LogP contribution is 2.37. The second-order valence-electron chi connectivity index (χ2n) is 8.88. The van der Waals surface area contributed by atoms with Crippen molar-refractivity contribution < 1.29 is 14.6 Å². The van der Waals surface area contributed by atoms with Gasteiger partial charge in [-0.25, -0.2) is 0 Å². The Morgan fingerprint density at radius 2 is 1.87 bits per heavy atom. The number of piperidine rings is 1. The molecule has 3 aliphatic rings. The summed E-state index contributed by atoms with van der Waals surface area (Å²) in [5, 5.41) is 10.2. The number of benzene rings is 1. The molecule has 2 aromatic rings. The van der Waals surface area contributed by atoms with E-state index in [1.807, 2.05) is 23.1 Å². The molecular formula is C25H33N3O3. The number of hydrogen-bond acceptors (Lipinski definition) is 5. The Labute approximate surface area is 184 Å². The third-order valence-electron chi connectivity index (χ3n) is 6.82. The molecule has 31 heavy (non-hydrogen) atoms. The fourth-order valence-corrected chi connectivity index (χ4v) is 4.74. The number of aliphatic hydroxyl groups is 1. The maximum Gasteiger partial charge on any atom is 0.255 e. The third kappa shape index (κ3) is 5.43. The first-order chi connectivity index (χ1) is 15.2. The number of rotatable bonds is 2. The zero-order chi connectivity index (χ0) is 21.5. The second-order valence-corrected chi connectivity index (χ2v) is 8.88. The summed E-state index contributed by atoms with van der Waals surface area (Å²) in [6.45, 7) is 4.79. The Bertz CT molecular complexity index is 850.